The molecule has 0 radical (unpaired) electrons. The minimum absolute atomic E-state index is 0.307. The number of hydrogen-bond acceptors (Lipinski definition) is 6. The van der Waals surface area contributed by atoms with E-state index in [4.69, 9.17) is 21.1 Å². The van der Waals surface area contributed by atoms with Gasteiger partial charge in [0.2, 0.25) is 10.0 Å². The van der Waals surface area contributed by atoms with Crippen molar-refractivity contribution < 1.29 is 22.7 Å². The molecule has 0 saturated carbocycles. The first kappa shape index (κ1) is 25.7. The summed E-state index contributed by atoms with van der Waals surface area (Å²) in [6.45, 7) is 5.14. The summed E-state index contributed by atoms with van der Waals surface area (Å²) in [6.07, 6.45) is 4.03. The van der Waals surface area contributed by atoms with E-state index in [2.05, 4.69) is 33.0 Å². The van der Waals surface area contributed by atoms with Gasteiger partial charge in [0.05, 0.1) is 29.7 Å². The van der Waals surface area contributed by atoms with Crippen LogP contribution < -0.4 is 19.2 Å². The number of halogens is 2. The van der Waals surface area contributed by atoms with E-state index in [0.717, 1.165) is 10.6 Å². The molecule has 0 heterocycles. The number of amides is 1. The Balaban J connectivity index is 2.16. The quantitative estimate of drug-likeness (QED) is 0.278. The Labute approximate surface area is 201 Å². The number of carbonyl (C=O) groups excluding carboxylic acids is 1. The Bertz CT molecular complexity index is 1140. The van der Waals surface area contributed by atoms with Gasteiger partial charge in [-0.25, -0.2) is 13.8 Å². The second-order valence-electron chi connectivity index (χ2n) is 6.58. The lowest BCUT2D eigenvalue weighted by molar-refractivity contribution is -0.119. The van der Waals surface area contributed by atoms with Crippen LogP contribution in [0.3, 0.4) is 0 Å². The van der Waals surface area contributed by atoms with Gasteiger partial charge in [-0.05, 0) is 58.2 Å². The van der Waals surface area contributed by atoms with Crippen LogP contribution in [0.1, 0.15) is 11.1 Å². The summed E-state index contributed by atoms with van der Waals surface area (Å²) in [5, 5.41) is 4.31. The van der Waals surface area contributed by atoms with Gasteiger partial charge in [-0.2, -0.15) is 5.10 Å². The van der Waals surface area contributed by atoms with Crippen LogP contribution in [-0.4, -0.2) is 47.1 Å². The number of benzene rings is 2. The zero-order valence-electron chi connectivity index (χ0n) is 17.8. The molecule has 0 aliphatic rings. The van der Waals surface area contributed by atoms with Gasteiger partial charge in [-0.1, -0.05) is 30.3 Å². The van der Waals surface area contributed by atoms with Gasteiger partial charge in [0, 0.05) is 5.02 Å². The van der Waals surface area contributed by atoms with E-state index in [-0.39, 0.29) is 0 Å². The van der Waals surface area contributed by atoms with Gasteiger partial charge >= 0.3 is 0 Å². The third-order valence-corrected chi connectivity index (χ3v) is 6.32. The Morgan fingerprint density at radius 3 is 2.72 bits per heavy atom. The molecule has 1 N–H and O–H groups in total. The third kappa shape index (κ3) is 6.72. The van der Waals surface area contributed by atoms with Crippen molar-refractivity contribution in [3.05, 3.63) is 63.6 Å². The number of anilines is 1. The molecule has 8 nitrogen and oxygen atoms in total. The lowest BCUT2D eigenvalue weighted by Gasteiger charge is -2.23. The molecule has 0 unspecified atom stereocenters. The first-order valence-electron chi connectivity index (χ1n) is 9.24. The van der Waals surface area contributed by atoms with E-state index in [1.807, 2.05) is 0 Å². The molecule has 2 aromatic rings. The molecule has 0 atom stereocenters. The van der Waals surface area contributed by atoms with Crippen molar-refractivity contribution in [1.82, 2.24) is 5.43 Å². The van der Waals surface area contributed by atoms with E-state index in [1.165, 1.54) is 13.3 Å². The summed E-state index contributed by atoms with van der Waals surface area (Å²) in [5.41, 5.74) is 3.82. The fraction of sp³-hybridized carbons (Fsp3) is 0.238. The van der Waals surface area contributed by atoms with E-state index in [9.17, 15) is 13.2 Å². The van der Waals surface area contributed by atoms with E-state index in [0.29, 0.717) is 44.4 Å². The van der Waals surface area contributed by atoms with Gasteiger partial charge in [0.25, 0.3) is 5.91 Å². The topological polar surface area (TPSA) is 97.3 Å². The molecule has 1 amide bonds. The molecule has 0 fully saturated rings. The Morgan fingerprint density at radius 2 is 2.09 bits per heavy atom. The van der Waals surface area contributed by atoms with E-state index >= 15 is 0 Å². The zero-order valence-corrected chi connectivity index (χ0v) is 20.9. The van der Waals surface area contributed by atoms with Crippen molar-refractivity contribution in [2.24, 2.45) is 5.10 Å². The normalized spacial score (nSPS) is 11.3. The summed E-state index contributed by atoms with van der Waals surface area (Å²) < 4.78 is 37.0. The monoisotopic (exact) mass is 543 g/mol. The fourth-order valence-corrected chi connectivity index (χ4v) is 4.34. The number of rotatable bonds is 10. The molecular weight excluding hydrogens is 522 g/mol. The summed E-state index contributed by atoms with van der Waals surface area (Å²) >= 11 is 9.51. The summed E-state index contributed by atoms with van der Waals surface area (Å²) in [5.74, 6) is 0.353. The minimum Gasteiger partial charge on any atom is -0.493 e. The molecule has 32 heavy (non-hydrogen) atoms. The average Bonchev–Trinajstić information content (AvgIpc) is 2.72. The van der Waals surface area contributed by atoms with Crippen LogP contribution in [0.2, 0.25) is 5.02 Å². The third-order valence-electron chi connectivity index (χ3n) is 4.20. The molecule has 0 aliphatic carbocycles. The van der Waals surface area contributed by atoms with Crippen LogP contribution in [0.25, 0.3) is 0 Å². The van der Waals surface area contributed by atoms with Crippen molar-refractivity contribution in [1.29, 1.82) is 0 Å². The largest absolute Gasteiger partial charge is 0.493 e. The van der Waals surface area contributed by atoms with Gasteiger partial charge in [0.1, 0.15) is 13.2 Å². The van der Waals surface area contributed by atoms with Crippen molar-refractivity contribution >= 4 is 55.4 Å². The lowest BCUT2D eigenvalue weighted by atomic mass is 10.2. The molecule has 2 aromatic carbocycles. The smallest absolute Gasteiger partial charge is 0.260 e. The van der Waals surface area contributed by atoms with Crippen molar-refractivity contribution in [3.63, 3.8) is 0 Å². The molecule has 2 rings (SSSR count). The number of sulfonamides is 1. The first-order valence-corrected chi connectivity index (χ1v) is 12.3. The molecule has 0 spiro atoms. The molecule has 0 saturated heterocycles. The number of nitrogens with zero attached hydrogens (tertiary/aromatic N) is 2. The average molecular weight is 545 g/mol. The second-order valence-corrected chi connectivity index (χ2v) is 9.75. The van der Waals surface area contributed by atoms with Crippen LogP contribution in [0.4, 0.5) is 5.69 Å². The maximum atomic E-state index is 12.4. The highest BCUT2D eigenvalue weighted by Gasteiger charge is 2.23. The van der Waals surface area contributed by atoms with Gasteiger partial charge in [-0.15, -0.1) is 0 Å². The standard InChI is InChI=1S/C21H23BrClN3O5S/c1-5-9-31-21-16(22)10-15(11-19(21)30-3)12-24-25-20(27)13-26(32(4,28)29)18-8-6-7-17(23)14(18)2/h5-8,10-12H,1,9,13H2,2-4H3,(H,25,27)/b24-12-. The fourth-order valence-electron chi connectivity index (χ4n) is 2.69. The minimum atomic E-state index is -3.74. The van der Waals surface area contributed by atoms with Crippen LogP contribution >= 0.6 is 27.5 Å². The number of carbonyl (C=O) groups is 1. The van der Waals surface area contributed by atoms with E-state index in [1.54, 1.807) is 43.3 Å². The number of nitrogens with one attached hydrogen (secondary N) is 1. The number of hydrazone groups is 1. The predicted octanol–water partition coefficient (Wildman–Crippen LogP) is 3.90. The van der Waals surface area contributed by atoms with Crippen molar-refractivity contribution in [2.75, 3.05) is 30.8 Å². The number of methoxy groups -OCH3 is 1. The summed E-state index contributed by atoms with van der Waals surface area (Å²) in [7, 11) is -2.24. The highest BCUT2D eigenvalue weighted by Crippen LogP contribution is 2.36. The Hall–Kier alpha value is -2.56. The van der Waals surface area contributed by atoms with Crippen LogP contribution in [0.5, 0.6) is 11.5 Å². The highest BCUT2D eigenvalue weighted by atomic mass is 79.9. The van der Waals surface area contributed by atoms with Crippen LogP contribution in [0.15, 0.2) is 52.6 Å². The molecule has 0 aliphatic heterocycles. The Kier molecular flexibility index (Phi) is 9.11. The predicted molar refractivity (Wildman–Crippen MR) is 131 cm³/mol. The zero-order chi connectivity index (χ0) is 23.9. The molecule has 172 valence electrons. The molecule has 0 bridgehead atoms. The van der Waals surface area contributed by atoms with E-state index < -0.39 is 22.5 Å². The highest BCUT2D eigenvalue weighted by molar-refractivity contribution is 9.10. The number of hydrogen-bond donors (Lipinski definition) is 1. The molecule has 0 aromatic heterocycles. The first-order chi connectivity index (χ1) is 15.1. The van der Waals surface area contributed by atoms with Gasteiger partial charge in [0.15, 0.2) is 11.5 Å². The van der Waals surface area contributed by atoms with Crippen molar-refractivity contribution in [2.45, 2.75) is 6.92 Å². The maximum Gasteiger partial charge on any atom is 0.260 e. The van der Waals surface area contributed by atoms with Crippen LogP contribution in [0, 0.1) is 6.92 Å². The second kappa shape index (κ2) is 11.3. The SMILES string of the molecule is C=CCOc1c(Br)cc(/C=N\NC(=O)CN(c2cccc(Cl)c2C)S(C)(=O)=O)cc1OC. The molecule has 11 heteroatoms. The molecular formula is C21H23BrClN3O5S. The van der Waals surface area contributed by atoms with Gasteiger partial charge < -0.3 is 9.47 Å². The summed E-state index contributed by atoms with van der Waals surface area (Å²) in [6, 6.07) is 8.25. The maximum absolute atomic E-state index is 12.4. The van der Waals surface area contributed by atoms with Crippen molar-refractivity contribution in [3.8, 4) is 11.5 Å². The lowest BCUT2D eigenvalue weighted by Crippen LogP contribution is -2.39. The Morgan fingerprint density at radius 1 is 1.38 bits per heavy atom. The van der Waals surface area contributed by atoms with Gasteiger partial charge in [-0.3, -0.25) is 9.10 Å². The summed E-state index contributed by atoms with van der Waals surface area (Å²) in [4.78, 5) is 12.4. The number of ether oxygens (including phenoxy) is 2. The van der Waals surface area contributed by atoms with Crippen LogP contribution in [-0.2, 0) is 14.8 Å².